The Bertz CT molecular complexity index is 1650. The van der Waals surface area contributed by atoms with Crippen LogP contribution in [-0.2, 0) is 44.7 Å². The second-order valence-corrected chi connectivity index (χ2v) is 14.7. The Morgan fingerprint density at radius 1 is 0.909 bits per heavy atom. The largest absolute Gasteiger partial charge is 0.461 e. The van der Waals surface area contributed by atoms with E-state index < -0.39 is 103 Å². The molecule has 5 rings (SSSR count). The summed E-state index contributed by atoms with van der Waals surface area (Å²) in [7, 11) is 1.29. The molecule has 3 aliphatic heterocycles. The topological polar surface area (TPSA) is 195 Å². The van der Waals surface area contributed by atoms with Crippen LogP contribution in [0.1, 0.15) is 70.3 Å². The fourth-order valence-corrected chi connectivity index (χ4v) is 7.81. The molecule has 3 heterocycles. The summed E-state index contributed by atoms with van der Waals surface area (Å²) in [6, 6.07) is -5.09. The minimum Gasteiger partial charge on any atom is -0.461 e. The molecular formula is C38H50F2N6O9. The number of fused-ring (bicyclic) bond motifs is 2. The number of rotatable bonds is 8. The molecule has 0 bridgehead atoms. The van der Waals surface area contributed by atoms with Crippen molar-refractivity contribution < 1.29 is 52.2 Å². The first kappa shape index (κ1) is 41.2. The molecule has 1 aromatic carbocycles. The maximum atomic E-state index is 14.3. The van der Waals surface area contributed by atoms with Crippen LogP contribution in [-0.4, -0.2) is 131 Å². The van der Waals surface area contributed by atoms with Crippen LogP contribution in [0.4, 0.5) is 8.78 Å². The first-order chi connectivity index (χ1) is 26.3. The number of hydrogen-bond donors (Lipinski definition) is 4. The summed E-state index contributed by atoms with van der Waals surface area (Å²) in [6.07, 6.45) is 8.90. The summed E-state index contributed by atoms with van der Waals surface area (Å²) < 4.78 is 34.0. The van der Waals surface area contributed by atoms with E-state index in [1.165, 1.54) is 29.8 Å². The lowest BCUT2D eigenvalue weighted by Crippen LogP contribution is -2.61. The number of allylic oxidation sites excluding steroid dienone is 1. The molecule has 4 fully saturated rings. The van der Waals surface area contributed by atoms with Crippen molar-refractivity contribution in [2.45, 2.75) is 107 Å². The Balaban J connectivity index is 1.44. The number of carbonyl (C=O) groups excluding carboxylic acids is 7. The predicted octanol–water partition coefficient (Wildman–Crippen LogP) is 0.476. The second-order valence-electron chi connectivity index (χ2n) is 14.7. The van der Waals surface area contributed by atoms with Gasteiger partial charge >= 0.3 is 5.97 Å². The van der Waals surface area contributed by atoms with E-state index in [-0.39, 0.29) is 43.8 Å². The smallest absolute Gasteiger partial charge is 0.328 e. The molecule has 4 aliphatic rings. The summed E-state index contributed by atoms with van der Waals surface area (Å²) in [5.74, 6) is -6.97. The van der Waals surface area contributed by atoms with Crippen LogP contribution in [0.15, 0.2) is 30.4 Å². The molecule has 1 aromatic rings. The van der Waals surface area contributed by atoms with Crippen molar-refractivity contribution in [3.63, 3.8) is 0 Å². The maximum absolute atomic E-state index is 14.3. The summed E-state index contributed by atoms with van der Waals surface area (Å²) in [4.78, 5) is 98.9. The standard InChI is InChI=1S/C38H50F2N6O9/c1-22-35(51)46-15-7-11-30(46)38(54)55-21-28(36(52)45-14-6-10-29(45)37(53)44(2)31(20-47)34(50)41-22)43-33(49)27(18-24-16-25(39)19-26(40)17-24)42-32(48)13-12-23-8-4-3-5-9-23/h12-13,16-17,19,22-23,27-31,47H,3-11,14-15,18,20-21H2,1-2H3,(H,41,50)(H,42,48)(H,43,49)/b13-12+/t22-,27-,28-,29-,30-,31-/m0/s1. The molecule has 300 valence electrons. The van der Waals surface area contributed by atoms with E-state index in [9.17, 15) is 47.4 Å². The van der Waals surface area contributed by atoms with E-state index >= 15 is 0 Å². The summed E-state index contributed by atoms with van der Waals surface area (Å²) >= 11 is 0. The number of ether oxygens (including phenoxy) is 1. The molecule has 0 spiro atoms. The van der Waals surface area contributed by atoms with Gasteiger partial charge in [-0.3, -0.25) is 28.8 Å². The third-order valence-electron chi connectivity index (χ3n) is 10.8. The predicted molar refractivity (Wildman–Crippen MR) is 191 cm³/mol. The normalized spacial score (nSPS) is 26.7. The lowest BCUT2D eigenvalue weighted by molar-refractivity contribution is -0.158. The van der Waals surface area contributed by atoms with E-state index in [4.69, 9.17) is 4.74 Å². The zero-order valence-corrected chi connectivity index (χ0v) is 31.1. The van der Waals surface area contributed by atoms with Crippen LogP contribution in [0, 0.1) is 17.6 Å². The molecule has 17 heteroatoms. The van der Waals surface area contributed by atoms with Crippen molar-refractivity contribution in [2.24, 2.45) is 5.92 Å². The first-order valence-corrected chi connectivity index (χ1v) is 19.0. The van der Waals surface area contributed by atoms with Gasteiger partial charge in [-0.2, -0.15) is 0 Å². The van der Waals surface area contributed by atoms with Crippen molar-refractivity contribution in [2.75, 3.05) is 33.4 Å². The molecule has 6 amide bonds. The van der Waals surface area contributed by atoms with Crippen molar-refractivity contribution in [3.05, 3.63) is 47.5 Å². The number of hydrogen-bond acceptors (Lipinski definition) is 9. The first-order valence-electron chi connectivity index (χ1n) is 19.0. The number of nitrogens with one attached hydrogen (secondary N) is 3. The van der Waals surface area contributed by atoms with Crippen LogP contribution in [0.3, 0.4) is 0 Å². The Kier molecular flexibility index (Phi) is 13.9. The number of amides is 6. The van der Waals surface area contributed by atoms with Gasteiger partial charge in [-0.1, -0.05) is 25.3 Å². The number of esters is 1. The molecule has 15 nitrogen and oxygen atoms in total. The monoisotopic (exact) mass is 772 g/mol. The van der Waals surface area contributed by atoms with Gasteiger partial charge in [0.2, 0.25) is 35.4 Å². The van der Waals surface area contributed by atoms with Gasteiger partial charge in [0.25, 0.3) is 0 Å². The van der Waals surface area contributed by atoms with E-state index in [0.29, 0.717) is 18.9 Å². The Labute approximate surface area is 318 Å². The number of benzene rings is 1. The van der Waals surface area contributed by atoms with Crippen LogP contribution in [0.25, 0.3) is 0 Å². The van der Waals surface area contributed by atoms with Gasteiger partial charge in [-0.05, 0) is 75.1 Å². The van der Waals surface area contributed by atoms with Crippen molar-refractivity contribution >= 4 is 41.4 Å². The fourth-order valence-electron chi connectivity index (χ4n) is 7.81. The average Bonchev–Trinajstić information content (AvgIpc) is 3.85. The third-order valence-corrected chi connectivity index (χ3v) is 10.8. The molecule has 55 heavy (non-hydrogen) atoms. The molecule has 0 radical (unpaired) electrons. The van der Waals surface area contributed by atoms with Gasteiger partial charge < -0.3 is 40.5 Å². The minimum absolute atomic E-state index is 0.0425. The highest BCUT2D eigenvalue weighted by atomic mass is 19.1. The fraction of sp³-hybridized carbons (Fsp3) is 0.605. The third kappa shape index (κ3) is 10.2. The van der Waals surface area contributed by atoms with Crippen molar-refractivity contribution in [1.29, 1.82) is 0 Å². The lowest BCUT2D eigenvalue weighted by atomic mass is 9.89. The van der Waals surface area contributed by atoms with Gasteiger partial charge in [0, 0.05) is 32.6 Å². The quantitative estimate of drug-likeness (QED) is 0.215. The molecule has 1 saturated carbocycles. The molecule has 0 unspecified atom stereocenters. The molecular weight excluding hydrogens is 722 g/mol. The number of aliphatic hydroxyl groups is 1. The highest BCUT2D eigenvalue weighted by molar-refractivity contribution is 5.98. The Morgan fingerprint density at radius 3 is 2.20 bits per heavy atom. The highest BCUT2D eigenvalue weighted by Gasteiger charge is 2.44. The molecule has 1 aliphatic carbocycles. The molecule has 3 saturated heterocycles. The van der Waals surface area contributed by atoms with Crippen LogP contribution in [0.5, 0.6) is 0 Å². The lowest BCUT2D eigenvalue weighted by Gasteiger charge is -2.35. The molecule has 0 aromatic heterocycles. The van der Waals surface area contributed by atoms with E-state index in [1.807, 2.05) is 0 Å². The van der Waals surface area contributed by atoms with Crippen molar-refractivity contribution in [1.82, 2.24) is 30.7 Å². The maximum Gasteiger partial charge on any atom is 0.328 e. The van der Waals surface area contributed by atoms with Gasteiger partial charge in [0.1, 0.15) is 54.5 Å². The Morgan fingerprint density at radius 2 is 1.55 bits per heavy atom. The van der Waals surface area contributed by atoms with Crippen LogP contribution < -0.4 is 16.0 Å². The summed E-state index contributed by atoms with van der Waals surface area (Å²) in [6.45, 7) is 0.160. The van der Waals surface area contributed by atoms with E-state index in [2.05, 4.69) is 16.0 Å². The minimum atomic E-state index is -1.61. The zero-order valence-electron chi connectivity index (χ0n) is 31.1. The number of halogens is 2. The second kappa shape index (κ2) is 18.6. The van der Waals surface area contributed by atoms with Crippen LogP contribution in [0.2, 0.25) is 0 Å². The summed E-state index contributed by atoms with van der Waals surface area (Å²) in [5, 5.41) is 17.8. The average molecular weight is 773 g/mol. The highest BCUT2D eigenvalue weighted by Crippen LogP contribution is 2.25. The van der Waals surface area contributed by atoms with Gasteiger partial charge in [0.05, 0.1) is 6.61 Å². The SMILES string of the molecule is C[C@@H]1NC(=O)[C@H](CO)N(C)C(=O)[C@@H]2CCCN2C(=O)[C@@H](NC(=O)[C@H](Cc2cc(F)cc(F)c2)NC(=O)/C=C/C2CCCCC2)COC(=O)[C@@H]2CCCN2C1=O. The van der Waals surface area contributed by atoms with Gasteiger partial charge in [0.15, 0.2) is 0 Å². The number of cyclic esters (lactones) is 1. The number of aliphatic hydroxyl groups excluding tert-OH is 1. The molecule has 6 atom stereocenters. The Hall–Kier alpha value is -4.93. The van der Waals surface area contributed by atoms with Crippen LogP contribution >= 0.6 is 0 Å². The van der Waals surface area contributed by atoms with Gasteiger partial charge in [-0.25, -0.2) is 13.6 Å². The number of carbonyl (C=O) groups is 7. The number of likely N-dealkylation sites (N-methyl/N-ethyl adjacent to an activating group) is 1. The van der Waals surface area contributed by atoms with E-state index in [0.717, 1.165) is 49.1 Å². The zero-order chi connectivity index (χ0) is 39.8. The van der Waals surface area contributed by atoms with E-state index in [1.54, 1.807) is 6.08 Å². The summed E-state index contributed by atoms with van der Waals surface area (Å²) in [5.41, 5.74) is 0.0425. The number of nitrogens with zero attached hydrogens (tertiary/aromatic N) is 3. The van der Waals surface area contributed by atoms with Gasteiger partial charge in [-0.15, -0.1) is 0 Å². The molecule has 4 N–H and O–H groups in total. The van der Waals surface area contributed by atoms with Crippen molar-refractivity contribution in [3.8, 4) is 0 Å².